The van der Waals surface area contributed by atoms with Crippen LogP contribution in [0.2, 0.25) is 0 Å². The van der Waals surface area contributed by atoms with E-state index in [4.69, 9.17) is 4.55 Å². The van der Waals surface area contributed by atoms with Gasteiger partial charge in [0.2, 0.25) is 0 Å². The molecule has 0 aliphatic rings. The molecule has 0 saturated heterocycles. The average Bonchev–Trinajstić information content (AvgIpc) is 2.15. The number of hydrogen-bond donors (Lipinski definition) is 2. The van der Waals surface area contributed by atoms with E-state index in [0.717, 1.165) is 0 Å². The molecule has 0 bridgehead atoms. The first-order valence-corrected chi connectivity index (χ1v) is 6.21. The zero-order valence-corrected chi connectivity index (χ0v) is 10.3. The monoisotopic (exact) mass is 255 g/mol. The summed E-state index contributed by atoms with van der Waals surface area (Å²) in [5.74, 6) is -0.344. The number of anilines is 1. The smallest absolute Gasteiger partial charge is 0.294 e. The molecular weight excluding hydrogens is 242 g/mol. The summed E-state index contributed by atoms with van der Waals surface area (Å²) in [6.45, 7) is 6.57. The molecule has 0 aliphatic heterocycles. The lowest BCUT2D eigenvalue weighted by molar-refractivity contribution is -0.112. The molecule has 0 radical (unpaired) electrons. The third kappa shape index (κ3) is 3.40. The quantitative estimate of drug-likeness (QED) is 0.636. The first-order valence-electron chi connectivity index (χ1n) is 4.77. The fourth-order valence-corrected chi connectivity index (χ4v) is 1.96. The number of hydrogen-bond acceptors (Lipinski definition) is 3. The van der Waals surface area contributed by atoms with Crippen molar-refractivity contribution in [3.8, 4) is 0 Å². The van der Waals surface area contributed by atoms with E-state index in [1.165, 1.54) is 25.1 Å². The van der Waals surface area contributed by atoms with Gasteiger partial charge in [-0.25, -0.2) is 0 Å². The molecule has 6 heteroatoms. The second kappa shape index (κ2) is 4.68. The third-order valence-corrected chi connectivity index (χ3v) is 3.11. The van der Waals surface area contributed by atoms with E-state index < -0.39 is 10.1 Å². The Morgan fingerprint density at radius 2 is 2.00 bits per heavy atom. The number of aryl methyl sites for hydroxylation is 1. The molecule has 2 N–H and O–H groups in total. The number of carbonyl (C=O) groups is 1. The van der Waals surface area contributed by atoms with Crippen LogP contribution in [-0.4, -0.2) is 18.9 Å². The van der Waals surface area contributed by atoms with Crippen LogP contribution < -0.4 is 5.32 Å². The van der Waals surface area contributed by atoms with Gasteiger partial charge in [-0.05, 0) is 37.6 Å². The molecule has 0 aliphatic carbocycles. The molecule has 1 aromatic carbocycles. The van der Waals surface area contributed by atoms with Crippen molar-refractivity contribution in [2.75, 3.05) is 5.32 Å². The van der Waals surface area contributed by atoms with E-state index in [1.807, 2.05) is 0 Å². The first-order chi connectivity index (χ1) is 7.71. The lowest BCUT2D eigenvalue weighted by atomic mass is 10.2. The lowest BCUT2D eigenvalue weighted by Gasteiger charge is -2.07. The molecule has 0 spiro atoms. The number of benzene rings is 1. The molecule has 0 atom stereocenters. The predicted octanol–water partition coefficient (Wildman–Crippen LogP) is 1.76. The van der Waals surface area contributed by atoms with Crippen molar-refractivity contribution in [2.45, 2.75) is 18.7 Å². The maximum atomic E-state index is 11.3. The van der Waals surface area contributed by atoms with E-state index in [1.54, 1.807) is 6.92 Å². The Morgan fingerprint density at radius 1 is 1.41 bits per heavy atom. The molecular formula is C11H13NO4S. The van der Waals surface area contributed by atoms with Crippen LogP contribution in [0.4, 0.5) is 5.69 Å². The Morgan fingerprint density at radius 3 is 2.41 bits per heavy atom. The average molecular weight is 255 g/mol. The molecule has 17 heavy (non-hydrogen) atoms. The van der Waals surface area contributed by atoms with E-state index in [0.29, 0.717) is 16.8 Å². The maximum absolute atomic E-state index is 11.3. The minimum Gasteiger partial charge on any atom is -0.322 e. The van der Waals surface area contributed by atoms with Crippen LogP contribution in [0, 0.1) is 6.92 Å². The molecule has 0 heterocycles. The van der Waals surface area contributed by atoms with Crippen molar-refractivity contribution in [1.82, 2.24) is 0 Å². The van der Waals surface area contributed by atoms with Gasteiger partial charge in [0.15, 0.2) is 0 Å². The number of rotatable bonds is 3. The van der Waals surface area contributed by atoms with Gasteiger partial charge in [-0.3, -0.25) is 9.35 Å². The van der Waals surface area contributed by atoms with Crippen molar-refractivity contribution in [1.29, 1.82) is 0 Å². The summed E-state index contributed by atoms with van der Waals surface area (Å²) in [6, 6.07) is 4.10. The molecule has 0 saturated carbocycles. The number of carbonyl (C=O) groups excluding carboxylic acids is 1. The van der Waals surface area contributed by atoms with Gasteiger partial charge in [0.25, 0.3) is 16.0 Å². The number of amides is 1. The third-order valence-electron chi connectivity index (χ3n) is 2.10. The highest BCUT2D eigenvalue weighted by atomic mass is 32.2. The second-order valence-corrected chi connectivity index (χ2v) is 5.08. The minimum atomic E-state index is -4.23. The van der Waals surface area contributed by atoms with E-state index in [2.05, 4.69) is 11.9 Å². The second-order valence-electron chi connectivity index (χ2n) is 3.69. The van der Waals surface area contributed by atoms with Crippen LogP contribution in [-0.2, 0) is 14.9 Å². The van der Waals surface area contributed by atoms with Gasteiger partial charge in [0.1, 0.15) is 0 Å². The van der Waals surface area contributed by atoms with Crippen LogP contribution in [0.1, 0.15) is 12.5 Å². The minimum absolute atomic E-state index is 0.175. The Labute approximate surface area is 99.9 Å². The molecule has 0 unspecified atom stereocenters. The topological polar surface area (TPSA) is 83.5 Å². The number of nitrogens with one attached hydrogen (secondary N) is 1. The maximum Gasteiger partial charge on any atom is 0.294 e. The highest BCUT2D eigenvalue weighted by Crippen LogP contribution is 2.19. The Balaban J connectivity index is 3.06. The van der Waals surface area contributed by atoms with E-state index >= 15 is 0 Å². The Bertz CT molecular complexity index is 575. The summed E-state index contributed by atoms with van der Waals surface area (Å²) >= 11 is 0. The van der Waals surface area contributed by atoms with Gasteiger partial charge < -0.3 is 5.32 Å². The van der Waals surface area contributed by atoms with Crippen molar-refractivity contribution in [3.63, 3.8) is 0 Å². The normalized spacial score (nSPS) is 11.0. The van der Waals surface area contributed by atoms with Crippen LogP contribution in [0.5, 0.6) is 0 Å². The van der Waals surface area contributed by atoms with E-state index in [-0.39, 0.29) is 10.8 Å². The molecule has 5 nitrogen and oxygen atoms in total. The SMILES string of the molecule is C=C(C)C(=O)Nc1ccc(S(=O)(=O)O)c(C)c1. The van der Waals surface area contributed by atoms with Gasteiger partial charge in [-0.2, -0.15) is 8.42 Å². The zero-order chi connectivity index (χ0) is 13.2. The summed E-state index contributed by atoms with van der Waals surface area (Å²) in [6.07, 6.45) is 0. The molecule has 1 aromatic rings. The lowest BCUT2D eigenvalue weighted by Crippen LogP contribution is -2.12. The molecule has 0 fully saturated rings. The van der Waals surface area contributed by atoms with Crippen molar-refractivity contribution in [2.24, 2.45) is 0 Å². The standard InChI is InChI=1S/C11H13NO4S/c1-7(2)11(13)12-9-4-5-10(8(3)6-9)17(14,15)16/h4-6H,1H2,2-3H3,(H,12,13)(H,14,15,16). The van der Waals surface area contributed by atoms with Gasteiger partial charge in [0.05, 0.1) is 4.90 Å². The van der Waals surface area contributed by atoms with Crippen LogP contribution in [0.25, 0.3) is 0 Å². The Hall–Kier alpha value is -1.66. The fourth-order valence-electron chi connectivity index (χ4n) is 1.25. The Kier molecular flexibility index (Phi) is 3.69. The largest absolute Gasteiger partial charge is 0.322 e. The highest BCUT2D eigenvalue weighted by Gasteiger charge is 2.13. The van der Waals surface area contributed by atoms with Gasteiger partial charge in [-0.15, -0.1) is 0 Å². The van der Waals surface area contributed by atoms with Crippen LogP contribution >= 0.6 is 0 Å². The van der Waals surface area contributed by atoms with Gasteiger partial charge in [0, 0.05) is 11.3 Å². The van der Waals surface area contributed by atoms with Crippen molar-refractivity contribution in [3.05, 3.63) is 35.9 Å². The highest BCUT2D eigenvalue weighted by molar-refractivity contribution is 7.85. The first kappa shape index (κ1) is 13.4. The molecule has 92 valence electrons. The van der Waals surface area contributed by atoms with Gasteiger partial charge >= 0.3 is 0 Å². The van der Waals surface area contributed by atoms with Gasteiger partial charge in [-0.1, -0.05) is 6.58 Å². The van der Waals surface area contributed by atoms with Crippen molar-refractivity contribution < 1.29 is 17.8 Å². The fraction of sp³-hybridized carbons (Fsp3) is 0.182. The summed E-state index contributed by atoms with van der Waals surface area (Å²) in [7, 11) is -4.23. The molecule has 1 rings (SSSR count). The molecule has 0 aromatic heterocycles. The summed E-state index contributed by atoms with van der Waals surface area (Å²) in [4.78, 5) is 11.2. The summed E-state index contributed by atoms with van der Waals surface area (Å²) < 4.78 is 30.8. The zero-order valence-electron chi connectivity index (χ0n) is 9.52. The predicted molar refractivity (Wildman–Crippen MR) is 64.4 cm³/mol. The van der Waals surface area contributed by atoms with Crippen LogP contribution in [0.3, 0.4) is 0 Å². The van der Waals surface area contributed by atoms with Crippen LogP contribution in [0.15, 0.2) is 35.2 Å². The van der Waals surface area contributed by atoms with E-state index in [9.17, 15) is 13.2 Å². The summed E-state index contributed by atoms with van der Waals surface area (Å²) in [5.41, 5.74) is 1.15. The molecule has 1 amide bonds. The summed E-state index contributed by atoms with van der Waals surface area (Å²) in [5, 5.41) is 2.55. The van der Waals surface area contributed by atoms with Crippen molar-refractivity contribution >= 4 is 21.7 Å².